The van der Waals surface area contributed by atoms with Gasteiger partial charge in [0.1, 0.15) is 11.5 Å². The Hall–Kier alpha value is -3.32. The Balaban J connectivity index is 1.80. The van der Waals surface area contributed by atoms with Crippen molar-refractivity contribution in [3.63, 3.8) is 0 Å². The Morgan fingerprint density at radius 2 is 1.89 bits per heavy atom. The molecular formula is C21H23N5O2. The fourth-order valence-electron chi connectivity index (χ4n) is 2.56. The predicted octanol–water partition coefficient (Wildman–Crippen LogP) is 2.92. The van der Waals surface area contributed by atoms with Crippen LogP contribution in [0.5, 0.6) is 0 Å². The summed E-state index contributed by atoms with van der Waals surface area (Å²) in [4.78, 5) is 25.8. The third-order valence-electron chi connectivity index (χ3n) is 3.98. The van der Waals surface area contributed by atoms with Gasteiger partial charge in [-0.2, -0.15) is 0 Å². The first-order valence-electron chi connectivity index (χ1n) is 9.11. The molecule has 3 aromatic rings. The Labute approximate surface area is 164 Å². The molecule has 3 rings (SSSR count). The minimum absolute atomic E-state index is 0.239. The van der Waals surface area contributed by atoms with Gasteiger partial charge in [-0.05, 0) is 18.6 Å². The van der Waals surface area contributed by atoms with Crippen molar-refractivity contribution < 1.29 is 9.53 Å². The Morgan fingerprint density at radius 3 is 2.64 bits per heavy atom. The molecule has 144 valence electrons. The van der Waals surface area contributed by atoms with Gasteiger partial charge in [-0.1, -0.05) is 36.4 Å². The van der Waals surface area contributed by atoms with E-state index in [1.807, 2.05) is 48.5 Å². The van der Waals surface area contributed by atoms with Crippen molar-refractivity contribution in [2.24, 2.45) is 0 Å². The molecule has 0 spiro atoms. The third-order valence-corrected chi connectivity index (χ3v) is 3.98. The average Bonchev–Trinajstić information content (AvgIpc) is 2.76. The van der Waals surface area contributed by atoms with Gasteiger partial charge in [-0.25, -0.2) is 9.97 Å². The van der Waals surface area contributed by atoms with Crippen LogP contribution in [0.3, 0.4) is 0 Å². The highest BCUT2D eigenvalue weighted by molar-refractivity contribution is 5.93. The van der Waals surface area contributed by atoms with Crippen LogP contribution in [-0.4, -0.2) is 41.1 Å². The first-order chi connectivity index (χ1) is 13.8. The van der Waals surface area contributed by atoms with Crippen LogP contribution in [0.1, 0.15) is 22.6 Å². The lowest BCUT2D eigenvalue weighted by Gasteiger charge is -2.10. The maximum Gasteiger partial charge on any atom is 0.270 e. The summed E-state index contributed by atoms with van der Waals surface area (Å²) in [5.41, 5.74) is 2.04. The first-order valence-corrected chi connectivity index (χ1v) is 9.11. The van der Waals surface area contributed by atoms with Crippen molar-refractivity contribution in [2.45, 2.75) is 13.0 Å². The van der Waals surface area contributed by atoms with Crippen molar-refractivity contribution in [1.29, 1.82) is 0 Å². The Bertz CT molecular complexity index is 888. The van der Waals surface area contributed by atoms with Gasteiger partial charge < -0.3 is 15.4 Å². The zero-order valence-corrected chi connectivity index (χ0v) is 15.8. The maximum atomic E-state index is 12.5. The molecule has 2 N–H and O–H groups in total. The summed E-state index contributed by atoms with van der Waals surface area (Å²) in [6.07, 6.45) is 2.48. The topological polar surface area (TPSA) is 89.0 Å². The molecule has 0 aliphatic heterocycles. The van der Waals surface area contributed by atoms with E-state index >= 15 is 0 Å². The van der Waals surface area contributed by atoms with Crippen LogP contribution in [0, 0.1) is 0 Å². The minimum Gasteiger partial charge on any atom is -0.385 e. The van der Waals surface area contributed by atoms with Gasteiger partial charge in [0.2, 0.25) is 0 Å². The molecular weight excluding hydrogens is 354 g/mol. The number of carbonyl (C=O) groups is 1. The Kier molecular flexibility index (Phi) is 7.03. The van der Waals surface area contributed by atoms with Crippen molar-refractivity contribution in [3.05, 3.63) is 72.2 Å². The van der Waals surface area contributed by atoms with Crippen LogP contribution in [0.2, 0.25) is 0 Å². The molecule has 28 heavy (non-hydrogen) atoms. The number of ether oxygens (including phenoxy) is 1. The lowest BCUT2D eigenvalue weighted by molar-refractivity contribution is 0.0943. The summed E-state index contributed by atoms with van der Waals surface area (Å²) in [7, 11) is 1.64. The van der Waals surface area contributed by atoms with Gasteiger partial charge in [0.15, 0.2) is 5.82 Å². The van der Waals surface area contributed by atoms with E-state index in [1.165, 1.54) is 0 Å². The second-order valence-electron chi connectivity index (χ2n) is 6.10. The highest BCUT2D eigenvalue weighted by Crippen LogP contribution is 2.18. The number of nitrogens with zero attached hydrogens (tertiary/aromatic N) is 3. The number of hydrogen-bond donors (Lipinski definition) is 2. The largest absolute Gasteiger partial charge is 0.385 e. The van der Waals surface area contributed by atoms with Crippen LogP contribution in [0.15, 0.2) is 60.8 Å². The number of benzene rings is 1. The smallest absolute Gasteiger partial charge is 0.270 e. The molecule has 0 bridgehead atoms. The fraction of sp³-hybridized carbons (Fsp3) is 0.238. The van der Waals surface area contributed by atoms with Crippen molar-refractivity contribution in [3.8, 4) is 11.4 Å². The van der Waals surface area contributed by atoms with Crippen LogP contribution in [0.4, 0.5) is 5.82 Å². The van der Waals surface area contributed by atoms with E-state index < -0.39 is 0 Å². The molecule has 0 saturated carbocycles. The molecule has 0 aliphatic carbocycles. The number of aromatic nitrogens is 3. The number of anilines is 1. The highest BCUT2D eigenvalue weighted by atomic mass is 16.5. The number of hydrogen-bond acceptors (Lipinski definition) is 6. The van der Waals surface area contributed by atoms with E-state index in [0.29, 0.717) is 37.0 Å². The molecule has 0 fully saturated rings. The summed E-state index contributed by atoms with van der Waals surface area (Å²) < 4.78 is 5.01. The lowest BCUT2D eigenvalue weighted by Crippen LogP contribution is -2.26. The summed E-state index contributed by atoms with van der Waals surface area (Å²) in [5.74, 6) is 0.826. The molecule has 7 heteroatoms. The van der Waals surface area contributed by atoms with Crippen molar-refractivity contribution in [1.82, 2.24) is 20.3 Å². The zero-order valence-electron chi connectivity index (χ0n) is 15.8. The standard InChI is InChI=1S/C21H23N5O2/c1-28-13-7-12-23-21(27)18-14-19(24-15-17-10-5-6-11-22-17)26-20(25-18)16-8-3-2-4-9-16/h2-6,8-11,14H,7,12-13,15H2,1H3,(H,23,27)(H,24,25,26). The molecule has 0 atom stereocenters. The molecule has 2 heterocycles. The molecule has 7 nitrogen and oxygen atoms in total. The van der Waals surface area contributed by atoms with E-state index in [2.05, 4.69) is 25.6 Å². The minimum atomic E-state index is -0.239. The van der Waals surface area contributed by atoms with Gasteiger partial charge >= 0.3 is 0 Å². The predicted molar refractivity (Wildman–Crippen MR) is 108 cm³/mol. The van der Waals surface area contributed by atoms with Gasteiger partial charge in [-0.3, -0.25) is 9.78 Å². The first kappa shape index (κ1) is 19.4. The van der Waals surface area contributed by atoms with Gasteiger partial charge in [0.05, 0.1) is 12.2 Å². The average molecular weight is 377 g/mol. The third kappa shape index (κ3) is 5.59. The van der Waals surface area contributed by atoms with Crippen molar-refractivity contribution >= 4 is 11.7 Å². The van der Waals surface area contributed by atoms with Crippen LogP contribution >= 0.6 is 0 Å². The fourth-order valence-corrected chi connectivity index (χ4v) is 2.56. The number of carbonyl (C=O) groups excluding carboxylic acids is 1. The summed E-state index contributed by atoms with van der Waals surface area (Å²) in [6, 6.07) is 17.0. The molecule has 2 aromatic heterocycles. The lowest BCUT2D eigenvalue weighted by atomic mass is 10.2. The van der Waals surface area contributed by atoms with E-state index in [-0.39, 0.29) is 5.91 Å². The normalized spacial score (nSPS) is 10.5. The molecule has 1 amide bonds. The van der Waals surface area contributed by atoms with Crippen LogP contribution < -0.4 is 10.6 Å². The van der Waals surface area contributed by atoms with E-state index in [0.717, 1.165) is 17.7 Å². The summed E-state index contributed by atoms with van der Waals surface area (Å²) in [5, 5.41) is 6.09. The molecule has 0 saturated heterocycles. The second-order valence-corrected chi connectivity index (χ2v) is 6.10. The number of pyridine rings is 1. The van der Waals surface area contributed by atoms with E-state index in [4.69, 9.17) is 4.74 Å². The maximum absolute atomic E-state index is 12.5. The van der Waals surface area contributed by atoms with Crippen molar-refractivity contribution in [2.75, 3.05) is 25.6 Å². The van der Waals surface area contributed by atoms with Crippen LogP contribution in [-0.2, 0) is 11.3 Å². The van der Waals surface area contributed by atoms with E-state index in [1.54, 1.807) is 19.4 Å². The molecule has 0 unspecified atom stereocenters. The SMILES string of the molecule is COCCCNC(=O)c1cc(NCc2ccccn2)nc(-c2ccccc2)n1. The molecule has 0 aliphatic rings. The number of amides is 1. The van der Waals surface area contributed by atoms with Crippen LogP contribution in [0.25, 0.3) is 11.4 Å². The summed E-state index contributed by atoms with van der Waals surface area (Å²) in [6.45, 7) is 1.62. The van der Waals surface area contributed by atoms with Gasteiger partial charge in [-0.15, -0.1) is 0 Å². The summed E-state index contributed by atoms with van der Waals surface area (Å²) >= 11 is 0. The number of methoxy groups -OCH3 is 1. The number of nitrogens with one attached hydrogen (secondary N) is 2. The zero-order chi connectivity index (χ0) is 19.6. The monoisotopic (exact) mass is 377 g/mol. The van der Waals surface area contributed by atoms with Gasteiger partial charge in [0, 0.05) is 38.1 Å². The molecule has 1 aromatic carbocycles. The van der Waals surface area contributed by atoms with Gasteiger partial charge in [0.25, 0.3) is 5.91 Å². The molecule has 0 radical (unpaired) electrons. The number of rotatable bonds is 9. The second kappa shape index (κ2) is 10.1. The van der Waals surface area contributed by atoms with E-state index in [9.17, 15) is 4.79 Å². The Morgan fingerprint density at radius 1 is 1.07 bits per heavy atom. The highest BCUT2D eigenvalue weighted by Gasteiger charge is 2.13. The quantitative estimate of drug-likeness (QED) is 0.558.